The van der Waals surface area contributed by atoms with Gasteiger partial charge in [0.05, 0.1) is 22.1 Å². The zero-order chi connectivity index (χ0) is 29.5. The molecule has 1 aromatic heterocycles. The van der Waals surface area contributed by atoms with E-state index in [1.54, 1.807) is 29.6 Å². The first-order chi connectivity index (χ1) is 19.6. The minimum atomic E-state index is -1.13. The van der Waals surface area contributed by atoms with Crippen LogP contribution in [-0.4, -0.2) is 62.7 Å². The standard InChI is InChI=1S/C29H29Cl3N4O4S/c1-41-24-7-5-19(26(31)27(24)32)6-8-25(37)36-11-9-20(10-12-36)28(38)34-23(29(39)40)14-22-16-35(17-33-22)15-18-3-2-4-21(30)13-18/h2-8,13,16-17,20,23H,9-12,14-15H2,1H3,(H,34,38)(H,39,40). The third-order valence-corrected chi connectivity index (χ3v) is 8.87. The summed E-state index contributed by atoms with van der Waals surface area (Å²) in [5, 5.41) is 13.9. The molecule has 0 saturated carbocycles. The van der Waals surface area contributed by atoms with Gasteiger partial charge >= 0.3 is 5.97 Å². The Morgan fingerprint density at radius 1 is 1.15 bits per heavy atom. The number of benzene rings is 2. The smallest absolute Gasteiger partial charge is 0.326 e. The number of imidazole rings is 1. The van der Waals surface area contributed by atoms with Crippen molar-refractivity contribution in [3.8, 4) is 0 Å². The van der Waals surface area contributed by atoms with E-state index in [1.165, 1.54) is 17.8 Å². The summed E-state index contributed by atoms with van der Waals surface area (Å²) in [6, 6.07) is 10.00. The van der Waals surface area contributed by atoms with Gasteiger partial charge in [0.15, 0.2) is 0 Å². The second kappa shape index (κ2) is 14.3. The number of carbonyl (C=O) groups is 3. The Kier molecular flexibility index (Phi) is 10.8. The first-order valence-electron chi connectivity index (χ1n) is 12.9. The molecule has 3 aromatic rings. The number of carboxylic acid groups (broad SMARTS) is 1. The lowest BCUT2D eigenvalue weighted by atomic mass is 9.95. The third kappa shape index (κ3) is 8.29. The van der Waals surface area contributed by atoms with Gasteiger partial charge in [-0.25, -0.2) is 9.78 Å². The van der Waals surface area contributed by atoms with Gasteiger partial charge in [-0.05, 0) is 54.5 Å². The van der Waals surface area contributed by atoms with Crippen LogP contribution < -0.4 is 5.32 Å². The Morgan fingerprint density at radius 3 is 2.59 bits per heavy atom. The van der Waals surface area contributed by atoms with Gasteiger partial charge in [0.1, 0.15) is 6.04 Å². The van der Waals surface area contributed by atoms with E-state index in [1.807, 2.05) is 41.2 Å². The van der Waals surface area contributed by atoms with Crippen molar-refractivity contribution in [2.24, 2.45) is 5.92 Å². The first-order valence-corrected chi connectivity index (χ1v) is 15.3. The highest BCUT2D eigenvalue weighted by Crippen LogP contribution is 2.35. The highest BCUT2D eigenvalue weighted by Gasteiger charge is 2.30. The monoisotopic (exact) mass is 634 g/mol. The molecule has 4 rings (SSSR count). The summed E-state index contributed by atoms with van der Waals surface area (Å²) in [5.74, 6) is -2.06. The number of nitrogens with one attached hydrogen (secondary N) is 1. The molecule has 2 aromatic carbocycles. The van der Waals surface area contributed by atoms with Crippen molar-refractivity contribution in [3.63, 3.8) is 0 Å². The van der Waals surface area contributed by atoms with E-state index in [0.717, 1.165) is 10.5 Å². The van der Waals surface area contributed by atoms with Crippen molar-refractivity contribution in [2.45, 2.75) is 36.7 Å². The third-order valence-electron chi connectivity index (χ3n) is 6.85. The maximum absolute atomic E-state index is 12.9. The molecule has 12 heteroatoms. The first kappa shape index (κ1) is 31.0. The quantitative estimate of drug-likeness (QED) is 0.220. The predicted octanol–water partition coefficient (Wildman–Crippen LogP) is 5.68. The molecule has 0 bridgehead atoms. The topological polar surface area (TPSA) is 105 Å². The van der Waals surface area contributed by atoms with Crippen molar-refractivity contribution in [1.82, 2.24) is 19.8 Å². The summed E-state index contributed by atoms with van der Waals surface area (Å²) in [5.41, 5.74) is 2.19. The van der Waals surface area contributed by atoms with Crippen LogP contribution in [0, 0.1) is 5.92 Å². The zero-order valence-corrected chi connectivity index (χ0v) is 25.3. The lowest BCUT2D eigenvalue weighted by Gasteiger charge is -2.31. The van der Waals surface area contributed by atoms with Crippen LogP contribution in [0.3, 0.4) is 0 Å². The summed E-state index contributed by atoms with van der Waals surface area (Å²) in [6.07, 6.45) is 9.29. The average Bonchev–Trinajstić information content (AvgIpc) is 3.39. The molecule has 1 atom stereocenters. The normalized spacial score (nSPS) is 14.8. The molecule has 2 N–H and O–H groups in total. The van der Waals surface area contributed by atoms with Crippen molar-refractivity contribution < 1.29 is 19.5 Å². The molecule has 1 fully saturated rings. The van der Waals surface area contributed by atoms with Gasteiger partial charge in [-0.15, -0.1) is 11.8 Å². The van der Waals surface area contributed by atoms with Gasteiger partial charge in [-0.2, -0.15) is 0 Å². The van der Waals surface area contributed by atoms with E-state index < -0.39 is 17.9 Å². The molecule has 1 saturated heterocycles. The maximum Gasteiger partial charge on any atom is 0.326 e. The SMILES string of the molecule is CSc1ccc(C=CC(=O)N2CCC(C(=O)NC(Cc3cn(Cc4cccc(Cl)c4)cn3)C(=O)O)CC2)c(Cl)c1Cl. The molecule has 1 aliphatic rings. The molecule has 1 unspecified atom stereocenters. The highest BCUT2D eigenvalue weighted by atomic mass is 35.5. The number of hydrogen-bond donors (Lipinski definition) is 2. The van der Waals surface area contributed by atoms with Gasteiger partial charge in [-0.1, -0.05) is 53.0 Å². The van der Waals surface area contributed by atoms with Crippen LogP contribution in [0.5, 0.6) is 0 Å². The summed E-state index contributed by atoms with van der Waals surface area (Å²) < 4.78 is 1.84. The van der Waals surface area contributed by atoms with E-state index in [4.69, 9.17) is 34.8 Å². The number of likely N-dealkylation sites (tertiary alicyclic amines) is 1. The van der Waals surface area contributed by atoms with Gasteiger partial charge in [0.25, 0.3) is 0 Å². The molecular weight excluding hydrogens is 607 g/mol. The van der Waals surface area contributed by atoms with Crippen LogP contribution in [0.25, 0.3) is 6.08 Å². The number of hydrogen-bond acceptors (Lipinski definition) is 5. The Hall–Kier alpha value is -2.98. The maximum atomic E-state index is 12.9. The minimum absolute atomic E-state index is 0.0518. The fourth-order valence-corrected chi connectivity index (χ4v) is 5.99. The van der Waals surface area contributed by atoms with Crippen LogP contribution >= 0.6 is 46.6 Å². The fraction of sp³-hybridized carbons (Fsp3) is 0.310. The molecule has 2 amide bonds. The Balaban J connectivity index is 1.28. The number of amides is 2. The number of carbonyl (C=O) groups excluding carboxylic acids is 2. The number of rotatable bonds is 10. The number of thioether (sulfide) groups is 1. The molecule has 2 heterocycles. The molecule has 0 spiro atoms. The Bertz CT molecular complexity index is 1450. The van der Waals surface area contributed by atoms with Crippen molar-refractivity contribution in [1.29, 1.82) is 0 Å². The molecular formula is C29H29Cl3N4O4S. The number of nitrogens with zero attached hydrogens (tertiary/aromatic N) is 3. The second-order valence-corrected chi connectivity index (χ2v) is 11.7. The molecule has 1 aliphatic heterocycles. The zero-order valence-electron chi connectivity index (χ0n) is 22.2. The van der Waals surface area contributed by atoms with Crippen molar-refractivity contribution in [3.05, 3.63) is 86.9 Å². The van der Waals surface area contributed by atoms with Crippen LogP contribution in [0.4, 0.5) is 0 Å². The summed E-state index contributed by atoms with van der Waals surface area (Å²) in [7, 11) is 0. The number of carboxylic acids is 1. The minimum Gasteiger partial charge on any atom is -0.480 e. The molecule has 0 aliphatic carbocycles. The van der Waals surface area contributed by atoms with Crippen LogP contribution in [0.1, 0.15) is 29.7 Å². The summed E-state index contributed by atoms with van der Waals surface area (Å²) in [6.45, 7) is 1.30. The van der Waals surface area contributed by atoms with E-state index in [2.05, 4.69) is 10.3 Å². The number of aromatic nitrogens is 2. The van der Waals surface area contributed by atoms with Gasteiger partial charge in [0, 0.05) is 54.2 Å². The molecule has 216 valence electrons. The van der Waals surface area contributed by atoms with Crippen molar-refractivity contribution >= 4 is 70.4 Å². The number of halogens is 3. The number of aliphatic carboxylic acids is 1. The average molecular weight is 636 g/mol. The molecule has 41 heavy (non-hydrogen) atoms. The summed E-state index contributed by atoms with van der Waals surface area (Å²) in [4.78, 5) is 44.4. The van der Waals surface area contributed by atoms with E-state index in [9.17, 15) is 19.5 Å². The Labute approximate surface area is 257 Å². The highest BCUT2D eigenvalue weighted by molar-refractivity contribution is 7.98. The van der Waals surface area contributed by atoms with Crippen molar-refractivity contribution in [2.75, 3.05) is 19.3 Å². The van der Waals surface area contributed by atoms with Gasteiger partial charge in [-0.3, -0.25) is 9.59 Å². The number of piperidine rings is 1. The molecule has 0 radical (unpaired) electrons. The Morgan fingerprint density at radius 2 is 1.90 bits per heavy atom. The summed E-state index contributed by atoms with van der Waals surface area (Å²) >= 11 is 20.2. The fourth-order valence-electron chi connectivity index (χ4n) is 4.60. The van der Waals surface area contributed by atoms with Gasteiger partial charge < -0.3 is 19.9 Å². The lowest BCUT2D eigenvalue weighted by molar-refractivity contribution is -0.142. The largest absolute Gasteiger partial charge is 0.480 e. The molecule has 8 nitrogen and oxygen atoms in total. The van der Waals surface area contributed by atoms with E-state index in [0.29, 0.717) is 58.8 Å². The van der Waals surface area contributed by atoms with Crippen LogP contribution in [0.2, 0.25) is 15.1 Å². The predicted molar refractivity (Wildman–Crippen MR) is 163 cm³/mol. The van der Waals surface area contributed by atoms with E-state index in [-0.39, 0.29) is 18.2 Å². The van der Waals surface area contributed by atoms with Crippen LogP contribution in [0.15, 0.2) is 59.9 Å². The second-order valence-electron chi connectivity index (χ2n) is 9.69. The lowest BCUT2D eigenvalue weighted by Crippen LogP contribution is -2.48. The van der Waals surface area contributed by atoms with Gasteiger partial charge in [0.2, 0.25) is 11.8 Å². The van der Waals surface area contributed by atoms with Crippen LogP contribution in [-0.2, 0) is 27.3 Å². The van der Waals surface area contributed by atoms with E-state index >= 15 is 0 Å².